The molecule has 2 rings (SSSR count). The molecule has 1 aliphatic rings. The third kappa shape index (κ3) is 2.72. The molecule has 5 heteroatoms. The van der Waals surface area contributed by atoms with Crippen LogP contribution in [0.2, 0.25) is 0 Å². The molecule has 0 spiro atoms. The second kappa shape index (κ2) is 6.00. The second-order valence-corrected chi connectivity index (χ2v) is 4.62. The molecule has 1 atom stereocenters. The summed E-state index contributed by atoms with van der Waals surface area (Å²) in [6.07, 6.45) is 4.02. The minimum Gasteiger partial charge on any atom is -0.376 e. The van der Waals surface area contributed by atoms with E-state index in [4.69, 9.17) is 4.74 Å². The van der Waals surface area contributed by atoms with Gasteiger partial charge >= 0.3 is 0 Å². The molecule has 0 radical (unpaired) electrons. The van der Waals surface area contributed by atoms with Crippen molar-refractivity contribution in [3.05, 3.63) is 11.9 Å². The average molecular weight is 250 g/mol. The largest absolute Gasteiger partial charge is 0.376 e. The first-order valence-electron chi connectivity index (χ1n) is 6.62. The predicted molar refractivity (Wildman–Crippen MR) is 73.2 cm³/mol. The van der Waals surface area contributed by atoms with Crippen molar-refractivity contribution in [2.75, 3.05) is 37.0 Å². The Morgan fingerprint density at radius 1 is 1.50 bits per heavy atom. The standard InChI is InChI=1S/C13H22N4O/c1-4-11-8-17(6-5-7-18-11)13-10(2)12(14-3)15-9-16-13/h9,11H,4-8H2,1-3H3,(H,14,15,16). The molecule has 1 aromatic heterocycles. The fourth-order valence-corrected chi connectivity index (χ4v) is 2.35. The van der Waals surface area contributed by atoms with Gasteiger partial charge in [0.05, 0.1) is 6.10 Å². The van der Waals surface area contributed by atoms with Crippen molar-refractivity contribution in [1.82, 2.24) is 9.97 Å². The fourth-order valence-electron chi connectivity index (χ4n) is 2.35. The van der Waals surface area contributed by atoms with E-state index in [1.807, 2.05) is 7.05 Å². The van der Waals surface area contributed by atoms with Gasteiger partial charge in [-0.1, -0.05) is 6.92 Å². The molecule has 0 bridgehead atoms. The minimum absolute atomic E-state index is 0.305. The van der Waals surface area contributed by atoms with Gasteiger partial charge in [0.25, 0.3) is 0 Å². The van der Waals surface area contributed by atoms with Crippen molar-refractivity contribution < 1.29 is 4.74 Å². The third-order valence-electron chi connectivity index (χ3n) is 3.40. The molecule has 2 heterocycles. The number of hydrogen-bond acceptors (Lipinski definition) is 5. The number of rotatable bonds is 3. The number of hydrogen-bond donors (Lipinski definition) is 1. The Balaban J connectivity index is 2.23. The van der Waals surface area contributed by atoms with Crippen LogP contribution in [0.25, 0.3) is 0 Å². The van der Waals surface area contributed by atoms with Crippen LogP contribution in [0.15, 0.2) is 6.33 Å². The molecule has 18 heavy (non-hydrogen) atoms. The Morgan fingerprint density at radius 2 is 2.33 bits per heavy atom. The zero-order valence-corrected chi connectivity index (χ0v) is 11.4. The van der Waals surface area contributed by atoms with Crippen molar-refractivity contribution in [3.8, 4) is 0 Å². The lowest BCUT2D eigenvalue weighted by Gasteiger charge is -2.26. The molecule has 5 nitrogen and oxygen atoms in total. The highest BCUT2D eigenvalue weighted by Gasteiger charge is 2.20. The Morgan fingerprint density at radius 3 is 3.06 bits per heavy atom. The number of nitrogens with zero attached hydrogens (tertiary/aromatic N) is 3. The molecule has 1 fully saturated rings. The van der Waals surface area contributed by atoms with E-state index in [0.29, 0.717) is 6.10 Å². The maximum Gasteiger partial charge on any atom is 0.137 e. The summed E-state index contributed by atoms with van der Waals surface area (Å²) in [5.41, 5.74) is 1.11. The summed E-state index contributed by atoms with van der Waals surface area (Å²) in [5.74, 6) is 1.93. The molecule has 0 aliphatic carbocycles. The Labute approximate surface area is 109 Å². The molecule has 0 aromatic carbocycles. The summed E-state index contributed by atoms with van der Waals surface area (Å²) in [5, 5.41) is 3.11. The summed E-state index contributed by atoms with van der Waals surface area (Å²) in [4.78, 5) is 11.0. The third-order valence-corrected chi connectivity index (χ3v) is 3.40. The SMILES string of the molecule is CCC1CN(c2ncnc(NC)c2C)CCCO1. The highest BCUT2D eigenvalue weighted by atomic mass is 16.5. The normalized spacial score (nSPS) is 20.6. The summed E-state index contributed by atoms with van der Waals surface area (Å²) >= 11 is 0. The van der Waals surface area contributed by atoms with Gasteiger partial charge in [-0.3, -0.25) is 0 Å². The lowest BCUT2D eigenvalue weighted by atomic mass is 10.2. The second-order valence-electron chi connectivity index (χ2n) is 4.62. The van der Waals surface area contributed by atoms with Crippen LogP contribution in [0.5, 0.6) is 0 Å². The predicted octanol–water partition coefficient (Wildman–Crippen LogP) is 1.83. The monoisotopic (exact) mass is 250 g/mol. The van der Waals surface area contributed by atoms with Crippen LogP contribution in [0.1, 0.15) is 25.3 Å². The molecule has 0 amide bonds. The van der Waals surface area contributed by atoms with Crippen LogP contribution in [-0.4, -0.2) is 42.8 Å². The summed E-state index contributed by atoms with van der Waals surface area (Å²) in [6, 6.07) is 0. The molecular formula is C13H22N4O. The van der Waals surface area contributed by atoms with E-state index in [9.17, 15) is 0 Å². The quantitative estimate of drug-likeness (QED) is 0.887. The van der Waals surface area contributed by atoms with Gasteiger partial charge in [-0.2, -0.15) is 0 Å². The molecule has 1 N–H and O–H groups in total. The van der Waals surface area contributed by atoms with Gasteiger partial charge in [-0.25, -0.2) is 9.97 Å². The maximum absolute atomic E-state index is 5.80. The van der Waals surface area contributed by atoms with E-state index in [-0.39, 0.29) is 0 Å². The van der Waals surface area contributed by atoms with Crippen molar-refractivity contribution in [2.45, 2.75) is 32.8 Å². The number of anilines is 2. The molecule has 1 unspecified atom stereocenters. The van der Waals surface area contributed by atoms with Gasteiger partial charge in [0.15, 0.2) is 0 Å². The summed E-state index contributed by atoms with van der Waals surface area (Å²) < 4.78 is 5.80. The van der Waals surface area contributed by atoms with Gasteiger partial charge < -0.3 is 15.0 Å². The van der Waals surface area contributed by atoms with Crippen LogP contribution in [0.4, 0.5) is 11.6 Å². The molecular weight excluding hydrogens is 228 g/mol. The van der Waals surface area contributed by atoms with Crippen LogP contribution >= 0.6 is 0 Å². The fraction of sp³-hybridized carbons (Fsp3) is 0.692. The summed E-state index contributed by atoms with van der Waals surface area (Å²) in [6.45, 7) is 6.99. The number of nitrogens with one attached hydrogen (secondary N) is 1. The van der Waals surface area contributed by atoms with Crippen molar-refractivity contribution in [2.24, 2.45) is 0 Å². The first-order chi connectivity index (χ1) is 8.76. The van der Waals surface area contributed by atoms with Crippen LogP contribution in [-0.2, 0) is 4.74 Å². The lowest BCUT2D eigenvalue weighted by molar-refractivity contribution is 0.0664. The average Bonchev–Trinajstić information content (AvgIpc) is 2.64. The Kier molecular flexibility index (Phi) is 4.36. The van der Waals surface area contributed by atoms with Gasteiger partial charge in [0, 0.05) is 32.3 Å². The molecule has 1 aromatic rings. The van der Waals surface area contributed by atoms with Crippen molar-refractivity contribution >= 4 is 11.6 Å². The van der Waals surface area contributed by atoms with Gasteiger partial charge in [0.2, 0.25) is 0 Å². The van der Waals surface area contributed by atoms with Crippen molar-refractivity contribution in [1.29, 1.82) is 0 Å². The molecule has 1 aliphatic heterocycles. The van der Waals surface area contributed by atoms with E-state index < -0.39 is 0 Å². The number of aromatic nitrogens is 2. The van der Waals surface area contributed by atoms with E-state index in [0.717, 1.165) is 49.7 Å². The van der Waals surface area contributed by atoms with Crippen LogP contribution in [0.3, 0.4) is 0 Å². The van der Waals surface area contributed by atoms with Gasteiger partial charge in [0.1, 0.15) is 18.0 Å². The van der Waals surface area contributed by atoms with E-state index in [1.54, 1.807) is 6.33 Å². The highest BCUT2D eigenvalue weighted by molar-refractivity contribution is 5.57. The molecule has 0 saturated carbocycles. The van der Waals surface area contributed by atoms with Crippen LogP contribution < -0.4 is 10.2 Å². The van der Waals surface area contributed by atoms with Crippen LogP contribution in [0, 0.1) is 6.92 Å². The first-order valence-corrected chi connectivity index (χ1v) is 6.62. The smallest absolute Gasteiger partial charge is 0.137 e. The lowest BCUT2D eigenvalue weighted by Crippen LogP contribution is -2.32. The van der Waals surface area contributed by atoms with E-state index in [1.165, 1.54) is 0 Å². The Hall–Kier alpha value is -1.36. The van der Waals surface area contributed by atoms with E-state index >= 15 is 0 Å². The highest BCUT2D eigenvalue weighted by Crippen LogP contribution is 2.24. The van der Waals surface area contributed by atoms with Crippen molar-refractivity contribution in [3.63, 3.8) is 0 Å². The van der Waals surface area contributed by atoms with E-state index in [2.05, 4.69) is 34.0 Å². The summed E-state index contributed by atoms with van der Waals surface area (Å²) in [7, 11) is 1.89. The topological polar surface area (TPSA) is 50.3 Å². The number of ether oxygens (including phenoxy) is 1. The van der Waals surface area contributed by atoms with Gasteiger partial charge in [-0.15, -0.1) is 0 Å². The zero-order valence-electron chi connectivity index (χ0n) is 11.4. The first kappa shape index (κ1) is 13.1. The minimum atomic E-state index is 0.305. The molecule has 100 valence electrons. The zero-order chi connectivity index (χ0) is 13.0. The molecule has 1 saturated heterocycles. The van der Waals surface area contributed by atoms with Gasteiger partial charge in [-0.05, 0) is 19.8 Å². The Bertz CT molecular complexity index is 397. The maximum atomic E-state index is 5.80.